The highest BCUT2D eigenvalue weighted by molar-refractivity contribution is 6.06. The van der Waals surface area contributed by atoms with Crippen molar-refractivity contribution >= 4 is 34.6 Å². The van der Waals surface area contributed by atoms with Crippen LogP contribution in [0.2, 0.25) is 0 Å². The van der Waals surface area contributed by atoms with Crippen LogP contribution in [-0.2, 0) is 0 Å². The molecule has 0 aromatic heterocycles. The highest BCUT2D eigenvalue weighted by Gasteiger charge is 2.25. The molecule has 10 nitrogen and oxygen atoms in total. The Hall–Kier alpha value is -4.60. The number of hydrogen-bond donors (Lipinski definition) is 1. The van der Waals surface area contributed by atoms with Gasteiger partial charge in [0.15, 0.2) is 0 Å². The quantitative estimate of drug-likeness (QED) is 0.299. The molecule has 0 atom stereocenters. The molecule has 0 saturated carbocycles. The lowest BCUT2D eigenvalue weighted by molar-refractivity contribution is -0.385. The first-order chi connectivity index (χ1) is 19.3. The van der Waals surface area contributed by atoms with Gasteiger partial charge in [-0.15, -0.1) is 0 Å². The summed E-state index contributed by atoms with van der Waals surface area (Å²) in [5, 5.41) is 14.1. The number of amides is 2. The van der Waals surface area contributed by atoms with Crippen LogP contribution in [0.15, 0.2) is 60.7 Å². The number of aryl methyl sites for hydroxylation is 1. The fraction of sp³-hybridized carbons (Fsp3) is 0.333. The molecule has 1 aliphatic heterocycles. The third kappa shape index (κ3) is 6.01. The van der Waals surface area contributed by atoms with Gasteiger partial charge in [0.2, 0.25) is 0 Å². The topological polar surface area (TPSA) is 108 Å². The van der Waals surface area contributed by atoms with E-state index in [0.717, 1.165) is 30.2 Å². The number of para-hydroxylation sites is 2. The van der Waals surface area contributed by atoms with Crippen LogP contribution in [0.1, 0.15) is 40.1 Å². The van der Waals surface area contributed by atoms with Crippen molar-refractivity contribution in [1.29, 1.82) is 0 Å². The number of ether oxygens (including phenoxy) is 1. The minimum atomic E-state index is -0.505. The summed E-state index contributed by atoms with van der Waals surface area (Å²) in [5.41, 5.74) is 3.32. The number of piperazine rings is 1. The average Bonchev–Trinajstić information content (AvgIpc) is 2.97. The maximum atomic E-state index is 13.6. The lowest BCUT2D eigenvalue weighted by Gasteiger charge is -2.38. The number of carbonyl (C=O) groups is 2. The molecule has 2 amide bonds. The first kappa shape index (κ1) is 28.4. The van der Waals surface area contributed by atoms with E-state index in [1.807, 2.05) is 44.2 Å². The summed E-state index contributed by atoms with van der Waals surface area (Å²) < 4.78 is 5.54. The molecule has 0 spiro atoms. The van der Waals surface area contributed by atoms with Crippen molar-refractivity contribution in [3.8, 4) is 5.75 Å². The zero-order chi connectivity index (χ0) is 28.8. The van der Waals surface area contributed by atoms with Crippen molar-refractivity contribution in [3.05, 3.63) is 87.5 Å². The molecule has 0 unspecified atom stereocenters. The summed E-state index contributed by atoms with van der Waals surface area (Å²) in [5.74, 6) is 0.226. The molecule has 10 heteroatoms. The van der Waals surface area contributed by atoms with Gasteiger partial charge < -0.3 is 24.8 Å². The maximum absolute atomic E-state index is 13.6. The lowest BCUT2D eigenvalue weighted by atomic mass is 10.1. The van der Waals surface area contributed by atoms with Crippen molar-refractivity contribution in [3.63, 3.8) is 0 Å². The Labute approximate surface area is 234 Å². The molecule has 0 radical (unpaired) electrons. The van der Waals surface area contributed by atoms with E-state index in [9.17, 15) is 19.7 Å². The molecular weight excluding hydrogens is 510 g/mol. The lowest BCUT2D eigenvalue weighted by Crippen LogP contribution is -2.47. The monoisotopic (exact) mass is 545 g/mol. The van der Waals surface area contributed by atoms with Crippen LogP contribution < -0.4 is 19.9 Å². The molecule has 210 valence electrons. The van der Waals surface area contributed by atoms with Crippen LogP contribution in [0, 0.1) is 17.0 Å². The Morgan fingerprint density at radius 3 is 2.23 bits per heavy atom. The van der Waals surface area contributed by atoms with Crippen LogP contribution in [0.3, 0.4) is 0 Å². The normalized spacial score (nSPS) is 13.1. The van der Waals surface area contributed by atoms with Crippen LogP contribution in [-0.4, -0.2) is 68.0 Å². The van der Waals surface area contributed by atoms with E-state index in [1.165, 1.54) is 6.07 Å². The largest absolute Gasteiger partial charge is 0.495 e. The second-order valence-electron chi connectivity index (χ2n) is 9.57. The molecular formula is C30H35N5O5. The van der Waals surface area contributed by atoms with Crippen LogP contribution >= 0.6 is 0 Å². The summed E-state index contributed by atoms with van der Waals surface area (Å²) in [4.78, 5) is 43.6. The number of rotatable bonds is 9. The van der Waals surface area contributed by atoms with Gasteiger partial charge in [-0.25, -0.2) is 0 Å². The molecule has 1 heterocycles. The standard InChI is InChI=1S/C30H35N5O5/c1-5-32(6-2)30(37)24-20-23(31-29(36)22-12-11-21(3)27(19-22)35(38)39)13-14-25(24)33-15-17-34(18-16-33)26-9-7-8-10-28(26)40-4/h7-14,19-20H,5-6,15-18H2,1-4H3,(H,31,36). The van der Waals surface area contributed by atoms with Crippen molar-refractivity contribution in [1.82, 2.24) is 4.90 Å². The highest BCUT2D eigenvalue weighted by Crippen LogP contribution is 2.31. The number of nitro benzene ring substituents is 1. The molecule has 1 aliphatic rings. The van der Waals surface area contributed by atoms with Crippen LogP contribution in [0.4, 0.5) is 22.7 Å². The molecule has 0 bridgehead atoms. The Kier molecular flexibility index (Phi) is 8.88. The number of carbonyl (C=O) groups excluding carboxylic acids is 2. The Morgan fingerprint density at radius 1 is 0.950 bits per heavy atom. The molecule has 3 aromatic carbocycles. The van der Waals surface area contributed by atoms with E-state index in [0.29, 0.717) is 43.0 Å². The molecule has 1 saturated heterocycles. The fourth-order valence-corrected chi connectivity index (χ4v) is 4.97. The number of nitrogens with one attached hydrogen (secondary N) is 1. The van der Waals surface area contributed by atoms with Gasteiger partial charge in [0, 0.05) is 67.8 Å². The predicted octanol–water partition coefficient (Wildman–Crippen LogP) is 4.97. The van der Waals surface area contributed by atoms with Gasteiger partial charge in [0.25, 0.3) is 17.5 Å². The van der Waals surface area contributed by atoms with Crippen molar-refractivity contribution in [2.45, 2.75) is 20.8 Å². The third-order valence-corrected chi connectivity index (χ3v) is 7.25. The number of benzene rings is 3. The zero-order valence-corrected chi connectivity index (χ0v) is 23.3. The number of nitro groups is 1. The van der Waals surface area contributed by atoms with Crippen molar-refractivity contribution in [2.24, 2.45) is 0 Å². The zero-order valence-electron chi connectivity index (χ0n) is 23.3. The Bertz CT molecular complexity index is 1400. The van der Waals surface area contributed by atoms with Gasteiger partial charge in [-0.3, -0.25) is 19.7 Å². The van der Waals surface area contributed by atoms with Gasteiger partial charge >= 0.3 is 0 Å². The Morgan fingerprint density at radius 2 is 1.60 bits per heavy atom. The first-order valence-electron chi connectivity index (χ1n) is 13.4. The third-order valence-electron chi connectivity index (χ3n) is 7.25. The molecule has 1 N–H and O–H groups in total. The number of anilines is 3. The second kappa shape index (κ2) is 12.5. The van der Waals surface area contributed by atoms with E-state index < -0.39 is 10.8 Å². The molecule has 0 aliphatic carbocycles. The minimum absolute atomic E-state index is 0.116. The van der Waals surface area contributed by atoms with E-state index in [-0.39, 0.29) is 17.2 Å². The first-order valence-corrected chi connectivity index (χ1v) is 13.4. The molecule has 1 fully saturated rings. The number of nitrogens with zero attached hydrogens (tertiary/aromatic N) is 4. The highest BCUT2D eigenvalue weighted by atomic mass is 16.6. The average molecular weight is 546 g/mol. The Balaban J connectivity index is 1.59. The van der Waals surface area contributed by atoms with Gasteiger partial charge in [-0.1, -0.05) is 18.2 Å². The summed E-state index contributed by atoms with van der Waals surface area (Å²) >= 11 is 0. The minimum Gasteiger partial charge on any atom is -0.495 e. The maximum Gasteiger partial charge on any atom is 0.273 e. The fourth-order valence-electron chi connectivity index (χ4n) is 4.97. The van der Waals surface area contributed by atoms with Crippen LogP contribution in [0.25, 0.3) is 0 Å². The van der Waals surface area contributed by atoms with Gasteiger partial charge in [-0.05, 0) is 57.2 Å². The van der Waals surface area contributed by atoms with Crippen molar-refractivity contribution in [2.75, 3.05) is 61.5 Å². The molecule has 3 aromatic rings. The predicted molar refractivity (Wildman–Crippen MR) is 157 cm³/mol. The van der Waals surface area contributed by atoms with E-state index in [2.05, 4.69) is 15.1 Å². The summed E-state index contributed by atoms with van der Waals surface area (Å²) in [6, 6.07) is 17.6. The summed E-state index contributed by atoms with van der Waals surface area (Å²) in [6.07, 6.45) is 0. The van der Waals surface area contributed by atoms with E-state index >= 15 is 0 Å². The van der Waals surface area contributed by atoms with Gasteiger partial charge in [0.1, 0.15) is 5.75 Å². The van der Waals surface area contributed by atoms with Gasteiger partial charge in [-0.2, -0.15) is 0 Å². The molecule has 40 heavy (non-hydrogen) atoms. The van der Waals surface area contributed by atoms with E-state index in [1.54, 1.807) is 43.2 Å². The molecule has 4 rings (SSSR count). The van der Waals surface area contributed by atoms with E-state index in [4.69, 9.17) is 4.74 Å². The number of methoxy groups -OCH3 is 1. The van der Waals surface area contributed by atoms with Crippen LogP contribution in [0.5, 0.6) is 5.75 Å². The second-order valence-corrected chi connectivity index (χ2v) is 9.57. The van der Waals surface area contributed by atoms with Crippen molar-refractivity contribution < 1.29 is 19.2 Å². The van der Waals surface area contributed by atoms with Gasteiger partial charge in [0.05, 0.1) is 23.3 Å². The summed E-state index contributed by atoms with van der Waals surface area (Å²) in [7, 11) is 1.67. The summed E-state index contributed by atoms with van der Waals surface area (Å²) in [6.45, 7) is 9.52. The smallest absolute Gasteiger partial charge is 0.273 e. The number of hydrogen-bond acceptors (Lipinski definition) is 7. The SMILES string of the molecule is CCN(CC)C(=O)c1cc(NC(=O)c2ccc(C)c([N+](=O)[O-])c2)ccc1N1CCN(c2ccccc2OC)CC1.